The zero-order chi connectivity index (χ0) is 9.03. The minimum Gasteiger partial charge on any atom is -0.390 e. The molecular weight excluding hydrogens is 156 g/mol. The molecule has 12 heavy (non-hydrogen) atoms. The number of quaternary nitrogens is 1. The van der Waals surface area contributed by atoms with E-state index in [1.54, 1.807) is 0 Å². The quantitative estimate of drug-likeness (QED) is 0.548. The summed E-state index contributed by atoms with van der Waals surface area (Å²) < 4.78 is 0.674. The monoisotopic (exact) mass is 173 g/mol. The van der Waals surface area contributed by atoms with Gasteiger partial charge in [-0.1, -0.05) is 0 Å². The molecule has 1 rings (SSSR count). The van der Waals surface area contributed by atoms with Crippen molar-refractivity contribution in [3.05, 3.63) is 0 Å². The maximum Gasteiger partial charge on any atom is 0.195 e. The Kier molecular flexibility index (Phi) is 3.20. The van der Waals surface area contributed by atoms with Crippen molar-refractivity contribution < 1.29 is 14.7 Å². The first kappa shape index (κ1) is 9.64. The molecule has 1 heterocycles. The van der Waals surface area contributed by atoms with Gasteiger partial charge in [-0.3, -0.25) is 4.48 Å². The van der Waals surface area contributed by atoms with E-state index in [9.17, 15) is 0 Å². The van der Waals surface area contributed by atoms with E-state index in [0.717, 1.165) is 18.9 Å². The summed E-state index contributed by atoms with van der Waals surface area (Å²) in [6.07, 6.45) is 0. The van der Waals surface area contributed by atoms with Crippen LogP contribution in [-0.4, -0.2) is 59.9 Å². The van der Waals surface area contributed by atoms with Crippen molar-refractivity contribution in [2.75, 3.05) is 39.4 Å². The number of aliphatic hydroxyl groups is 2. The Bertz CT molecular complexity index is 174. The predicted octanol–water partition coefficient (Wildman–Crippen LogP) is -0.780. The smallest absolute Gasteiger partial charge is 0.195 e. The normalized spacial score (nSPS) is 21.1. The van der Waals surface area contributed by atoms with Crippen molar-refractivity contribution in [2.45, 2.75) is 6.92 Å². The van der Waals surface area contributed by atoms with Gasteiger partial charge in [0.15, 0.2) is 5.84 Å². The van der Waals surface area contributed by atoms with Crippen LogP contribution in [0.25, 0.3) is 0 Å². The van der Waals surface area contributed by atoms with Crippen LogP contribution in [0, 0.1) is 0 Å². The molecule has 70 valence electrons. The molecule has 0 aromatic carbocycles. The summed E-state index contributed by atoms with van der Waals surface area (Å²) in [7, 11) is 0. The van der Waals surface area contributed by atoms with Crippen LogP contribution in [0.3, 0.4) is 0 Å². The highest BCUT2D eigenvalue weighted by Crippen LogP contribution is 2.13. The predicted molar refractivity (Wildman–Crippen MR) is 47.0 cm³/mol. The number of aliphatic hydroxyl groups excluding tert-OH is 2. The van der Waals surface area contributed by atoms with Gasteiger partial charge < -0.3 is 10.2 Å². The highest BCUT2D eigenvalue weighted by atomic mass is 16.3. The Labute approximate surface area is 72.7 Å². The van der Waals surface area contributed by atoms with Gasteiger partial charge in [-0.2, -0.15) is 0 Å². The van der Waals surface area contributed by atoms with Gasteiger partial charge >= 0.3 is 0 Å². The van der Waals surface area contributed by atoms with Gasteiger partial charge in [-0.25, -0.2) is 4.99 Å². The molecule has 0 amide bonds. The van der Waals surface area contributed by atoms with Crippen LogP contribution in [-0.2, 0) is 0 Å². The Balaban J connectivity index is 2.65. The van der Waals surface area contributed by atoms with Gasteiger partial charge in [0.1, 0.15) is 19.6 Å². The third-order valence-electron chi connectivity index (χ3n) is 2.61. The largest absolute Gasteiger partial charge is 0.390 e. The highest BCUT2D eigenvalue weighted by molar-refractivity contribution is 5.73. The fourth-order valence-electron chi connectivity index (χ4n) is 1.76. The molecule has 4 heteroatoms. The maximum absolute atomic E-state index is 8.88. The summed E-state index contributed by atoms with van der Waals surface area (Å²) >= 11 is 0. The van der Waals surface area contributed by atoms with Crippen LogP contribution in [0.1, 0.15) is 6.92 Å². The van der Waals surface area contributed by atoms with Gasteiger partial charge in [-0.15, -0.1) is 0 Å². The van der Waals surface area contributed by atoms with Crippen molar-refractivity contribution >= 4 is 5.84 Å². The summed E-state index contributed by atoms with van der Waals surface area (Å²) in [4.78, 5) is 4.29. The molecule has 1 aliphatic rings. The van der Waals surface area contributed by atoms with Gasteiger partial charge in [0.25, 0.3) is 0 Å². The van der Waals surface area contributed by atoms with Gasteiger partial charge in [-0.05, 0) is 0 Å². The number of hydrogen-bond donors (Lipinski definition) is 2. The van der Waals surface area contributed by atoms with Crippen LogP contribution in [0.4, 0.5) is 0 Å². The summed E-state index contributed by atoms with van der Waals surface area (Å²) in [5, 5.41) is 17.8. The Morgan fingerprint density at radius 2 is 1.92 bits per heavy atom. The molecule has 0 spiro atoms. The third kappa shape index (κ3) is 1.65. The second-order valence-corrected chi connectivity index (χ2v) is 3.19. The zero-order valence-electron chi connectivity index (χ0n) is 7.53. The summed E-state index contributed by atoms with van der Waals surface area (Å²) in [5.74, 6) is 1.04. The van der Waals surface area contributed by atoms with Crippen LogP contribution >= 0.6 is 0 Å². The molecule has 4 nitrogen and oxygen atoms in total. The van der Waals surface area contributed by atoms with Gasteiger partial charge in [0.05, 0.1) is 19.8 Å². The average Bonchev–Trinajstić information content (AvgIpc) is 2.35. The van der Waals surface area contributed by atoms with E-state index in [2.05, 4.69) is 4.99 Å². The number of hydrogen-bond acceptors (Lipinski definition) is 3. The van der Waals surface area contributed by atoms with Crippen LogP contribution in [0.2, 0.25) is 0 Å². The standard InChI is InChI=1S/C8H17N2O2/c1-8-9-2-3-10(8,4-6-11)5-7-12/h11-12H,2-7H2,1H3/q+1. The Morgan fingerprint density at radius 1 is 1.33 bits per heavy atom. The second-order valence-electron chi connectivity index (χ2n) is 3.19. The molecule has 0 fully saturated rings. The van der Waals surface area contributed by atoms with E-state index in [4.69, 9.17) is 10.2 Å². The van der Waals surface area contributed by atoms with Crippen molar-refractivity contribution in [3.63, 3.8) is 0 Å². The molecule has 1 aliphatic heterocycles. The van der Waals surface area contributed by atoms with Crippen LogP contribution in [0.15, 0.2) is 4.99 Å². The SMILES string of the molecule is CC1=NCC[N+]1(CCO)CCO. The van der Waals surface area contributed by atoms with Crippen molar-refractivity contribution in [1.29, 1.82) is 0 Å². The fourth-order valence-corrected chi connectivity index (χ4v) is 1.76. The lowest BCUT2D eigenvalue weighted by molar-refractivity contribution is -0.836. The van der Waals surface area contributed by atoms with Crippen molar-refractivity contribution in [3.8, 4) is 0 Å². The summed E-state index contributed by atoms with van der Waals surface area (Å²) in [5.41, 5.74) is 0. The number of aliphatic imine (C=N–C) groups is 1. The molecule has 0 aromatic heterocycles. The van der Waals surface area contributed by atoms with E-state index in [0.29, 0.717) is 17.6 Å². The molecule has 2 N–H and O–H groups in total. The number of rotatable bonds is 4. The van der Waals surface area contributed by atoms with Crippen molar-refractivity contribution in [1.82, 2.24) is 0 Å². The van der Waals surface area contributed by atoms with Crippen LogP contribution < -0.4 is 0 Å². The average molecular weight is 173 g/mol. The molecule has 0 atom stereocenters. The van der Waals surface area contributed by atoms with Crippen molar-refractivity contribution in [2.24, 2.45) is 4.99 Å². The summed E-state index contributed by atoms with van der Waals surface area (Å²) in [6, 6.07) is 0. The minimum atomic E-state index is 0.160. The molecule has 0 radical (unpaired) electrons. The van der Waals surface area contributed by atoms with E-state index in [1.807, 2.05) is 6.92 Å². The molecule has 0 aromatic rings. The Hall–Kier alpha value is -0.450. The Morgan fingerprint density at radius 3 is 2.25 bits per heavy atom. The molecule has 0 unspecified atom stereocenters. The van der Waals surface area contributed by atoms with E-state index >= 15 is 0 Å². The third-order valence-corrected chi connectivity index (χ3v) is 2.61. The number of amidine groups is 1. The van der Waals surface area contributed by atoms with E-state index < -0.39 is 0 Å². The molecule has 0 aliphatic carbocycles. The van der Waals surface area contributed by atoms with E-state index in [-0.39, 0.29) is 13.2 Å². The molecule has 0 bridgehead atoms. The fraction of sp³-hybridized carbons (Fsp3) is 0.875. The zero-order valence-corrected chi connectivity index (χ0v) is 7.53. The summed E-state index contributed by atoms with van der Waals surface area (Å²) in [6.45, 7) is 5.39. The first-order valence-electron chi connectivity index (χ1n) is 4.34. The van der Waals surface area contributed by atoms with Gasteiger partial charge in [0.2, 0.25) is 0 Å². The number of nitrogens with zero attached hydrogens (tertiary/aromatic N) is 2. The van der Waals surface area contributed by atoms with Gasteiger partial charge in [0, 0.05) is 6.92 Å². The second kappa shape index (κ2) is 3.98. The molecule has 0 saturated heterocycles. The minimum absolute atomic E-state index is 0.160. The molecular formula is C8H17N2O2+. The first-order chi connectivity index (χ1) is 5.75. The lowest BCUT2D eigenvalue weighted by Gasteiger charge is -2.32. The lowest BCUT2D eigenvalue weighted by atomic mass is 10.3. The lowest BCUT2D eigenvalue weighted by Crippen LogP contribution is -2.53. The molecule has 0 saturated carbocycles. The highest BCUT2D eigenvalue weighted by Gasteiger charge is 2.33. The topological polar surface area (TPSA) is 52.8 Å². The van der Waals surface area contributed by atoms with E-state index in [1.165, 1.54) is 0 Å². The van der Waals surface area contributed by atoms with Crippen LogP contribution in [0.5, 0.6) is 0 Å². The first-order valence-corrected chi connectivity index (χ1v) is 4.34. The maximum atomic E-state index is 8.88.